The molecular formula is C19H17NO2. The number of aromatic nitrogens is 1. The van der Waals surface area contributed by atoms with E-state index in [2.05, 4.69) is 31.2 Å². The summed E-state index contributed by atoms with van der Waals surface area (Å²) in [4.78, 5) is 4.77. The van der Waals surface area contributed by atoms with Crippen LogP contribution < -0.4 is 4.74 Å². The van der Waals surface area contributed by atoms with Gasteiger partial charge < -0.3 is 9.47 Å². The molecule has 1 atom stereocenters. The molecule has 0 amide bonds. The topological polar surface area (TPSA) is 34.6 Å². The molecule has 1 fully saturated rings. The lowest BCUT2D eigenvalue weighted by molar-refractivity contribution is 0.265. The Morgan fingerprint density at radius 2 is 1.91 bits per heavy atom. The fourth-order valence-corrected chi connectivity index (χ4v) is 2.48. The smallest absolute Gasteiger partial charge is 0.131 e. The van der Waals surface area contributed by atoms with Gasteiger partial charge in [0.15, 0.2) is 0 Å². The molecule has 1 aromatic heterocycles. The molecule has 22 heavy (non-hydrogen) atoms. The van der Waals surface area contributed by atoms with E-state index in [1.54, 1.807) is 0 Å². The van der Waals surface area contributed by atoms with E-state index in [1.165, 1.54) is 5.56 Å². The largest absolute Gasteiger partial charge is 0.490 e. The number of benzene rings is 2. The van der Waals surface area contributed by atoms with Crippen LogP contribution in [0.15, 0.2) is 54.6 Å². The SMILES string of the molecule is Cc1ccc(-c2cc(OCC3CO3)c3ccccc3n2)cc1. The molecule has 0 N–H and O–H groups in total. The van der Waals surface area contributed by atoms with Crippen molar-refractivity contribution in [2.75, 3.05) is 13.2 Å². The molecular weight excluding hydrogens is 274 g/mol. The van der Waals surface area contributed by atoms with E-state index in [9.17, 15) is 0 Å². The minimum Gasteiger partial charge on any atom is -0.490 e. The Bertz CT molecular complexity index is 807. The van der Waals surface area contributed by atoms with Gasteiger partial charge in [-0.25, -0.2) is 4.98 Å². The van der Waals surface area contributed by atoms with Crippen molar-refractivity contribution in [3.8, 4) is 17.0 Å². The van der Waals surface area contributed by atoms with E-state index in [1.807, 2.05) is 30.3 Å². The van der Waals surface area contributed by atoms with E-state index < -0.39 is 0 Å². The molecule has 3 aromatic rings. The van der Waals surface area contributed by atoms with Gasteiger partial charge >= 0.3 is 0 Å². The van der Waals surface area contributed by atoms with Gasteiger partial charge in [-0.15, -0.1) is 0 Å². The molecule has 0 saturated carbocycles. The van der Waals surface area contributed by atoms with Gasteiger partial charge in [0, 0.05) is 17.0 Å². The van der Waals surface area contributed by atoms with E-state index in [-0.39, 0.29) is 6.10 Å². The maximum atomic E-state index is 5.96. The van der Waals surface area contributed by atoms with E-state index in [4.69, 9.17) is 14.5 Å². The van der Waals surface area contributed by atoms with E-state index in [0.717, 1.165) is 34.5 Å². The van der Waals surface area contributed by atoms with Crippen molar-refractivity contribution >= 4 is 10.9 Å². The first-order valence-electron chi connectivity index (χ1n) is 7.51. The first-order chi connectivity index (χ1) is 10.8. The van der Waals surface area contributed by atoms with Gasteiger partial charge in [0.05, 0.1) is 17.8 Å². The van der Waals surface area contributed by atoms with Crippen molar-refractivity contribution in [1.82, 2.24) is 4.98 Å². The van der Waals surface area contributed by atoms with Crippen molar-refractivity contribution in [2.24, 2.45) is 0 Å². The van der Waals surface area contributed by atoms with E-state index in [0.29, 0.717) is 6.61 Å². The highest BCUT2D eigenvalue weighted by molar-refractivity contribution is 5.87. The van der Waals surface area contributed by atoms with Gasteiger partial charge in [-0.1, -0.05) is 42.0 Å². The monoisotopic (exact) mass is 291 g/mol. The number of epoxide rings is 1. The number of ether oxygens (including phenoxy) is 2. The Kier molecular flexibility index (Phi) is 3.28. The third-order valence-corrected chi connectivity index (χ3v) is 3.85. The molecule has 1 unspecified atom stereocenters. The van der Waals surface area contributed by atoms with Gasteiger partial charge in [0.25, 0.3) is 0 Å². The van der Waals surface area contributed by atoms with Crippen molar-refractivity contribution in [2.45, 2.75) is 13.0 Å². The standard InChI is InChI=1S/C19H17NO2/c1-13-6-8-14(9-7-13)18-10-19(22-12-15-11-21-15)16-4-2-3-5-17(16)20-18/h2-10,15H,11-12H2,1H3. The summed E-state index contributed by atoms with van der Waals surface area (Å²) in [5, 5.41) is 1.04. The van der Waals surface area contributed by atoms with Crippen LogP contribution in [-0.4, -0.2) is 24.3 Å². The first kappa shape index (κ1) is 13.3. The molecule has 1 saturated heterocycles. The zero-order valence-corrected chi connectivity index (χ0v) is 12.5. The van der Waals surface area contributed by atoms with Crippen LogP contribution in [0.3, 0.4) is 0 Å². The summed E-state index contributed by atoms with van der Waals surface area (Å²) >= 11 is 0. The van der Waals surface area contributed by atoms with E-state index >= 15 is 0 Å². The summed E-state index contributed by atoms with van der Waals surface area (Å²) < 4.78 is 11.2. The molecule has 3 nitrogen and oxygen atoms in total. The second kappa shape index (κ2) is 5.43. The second-order valence-electron chi connectivity index (χ2n) is 5.66. The van der Waals surface area contributed by atoms with Crippen molar-refractivity contribution in [3.05, 3.63) is 60.2 Å². The predicted molar refractivity (Wildman–Crippen MR) is 87.2 cm³/mol. The summed E-state index contributed by atoms with van der Waals surface area (Å²) in [7, 11) is 0. The number of rotatable bonds is 4. The highest BCUT2D eigenvalue weighted by atomic mass is 16.6. The molecule has 0 aliphatic carbocycles. The molecule has 3 heteroatoms. The van der Waals surface area contributed by atoms with Crippen LogP contribution in [-0.2, 0) is 4.74 Å². The number of pyridine rings is 1. The van der Waals surface area contributed by atoms with Crippen LogP contribution in [0.1, 0.15) is 5.56 Å². The first-order valence-corrected chi connectivity index (χ1v) is 7.51. The Morgan fingerprint density at radius 1 is 1.14 bits per heavy atom. The molecule has 2 aromatic carbocycles. The normalized spacial score (nSPS) is 16.7. The molecule has 1 aliphatic heterocycles. The van der Waals surface area contributed by atoms with Crippen LogP contribution in [0, 0.1) is 6.92 Å². The number of nitrogens with zero attached hydrogens (tertiary/aromatic N) is 1. The Labute approximate surface area is 129 Å². The molecule has 0 spiro atoms. The minimum absolute atomic E-state index is 0.245. The third kappa shape index (κ3) is 2.68. The number of para-hydroxylation sites is 1. The molecule has 110 valence electrons. The maximum Gasteiger partial charge on any atom is 0.131 e. The van der Waals surface area contributed by atoms with Gasteiger partial charge in [-0.3, -0.25) is 0 Å². The fraction of sp³-hybridized carbons (Fsp3) is 0.211. The Balaban J connectivity index is 1.79. The Morgan fingerprint density at radius 3 is 2.68 bits per heavy atom. The lowest BCUT2D eigenvalue weighted by Gasteiger charge is -2.11. The lowest BCUT2D eigenvalue weighted by atomic mass is 10.1. The summed E-state index contributed by atoms with van der Waals surface area (Å²) in [5.74, 6) is 0.872. The van der Waals surface area contributed by atoms with Crippen LogP contribution in [0.4, 0.5) is 0 Å². The van der Waals surface area contributed by atoms with Crippen molar-refractivity contribution < 1.29 is 9.47 Å². The van der Waals surface area contributed by atoms with Gasteiger partial charge in [0.2, 0.25) is 0 Å². The van der Waals surface area contributed by atoms with Crippen LogP contribution in [0.5, 0.6) is 5.75 Å². The zero-order valence-electron chi connectivity index (χ0n) is 12.5. The highest BCUT2D eigenvalue weighted by Crippen LogP contribution is 2.30. The predicted octanol–water partition coefficient (Wildman–Crippen LogP) is 3.99. The second-order valence-corrected chi connectivity index (χ2v) is 5.66. The summed E-state index contributed by atoms with van der Waals surface area (Å²) in [6.07, 6.45) is 0.245. The number of aryl methyl sites for hydroxylation is 1. The van der Waals surface area contributed by atoms with Crippen LogP contribution >= 0.6 is 0 Å². The van der Waals surface area contributed by atoms with Gasteiger partial charge in [0.1, 0.15) is 18.5 Å². The Hall–Kier alpha value is -2.39. The molecule has 4 rings (SSSR count). The fourth-order valence-electron chi connectivity index (χ4n) is 2.48. The summed E-state index contributed by atoms with van der Waals surface area (Å²) in [6.45, 7) is 3.48. The summed E-state index contributed by atoms with van der Waals surface area (Å²) in [5.41, 5.74) is 4.23. The van der Waals surface area contributed by atoms with Crippen molar-refractivity contribution in [3.63, 3.8) is 0 Å². The number of hydrogen-bond donors (Lipinski definition) is 0. The van der Waals surface area contributed by atoms with Crippen LogP contribution in [0.25, 0.3) is 22.2 Å². The number of hydrogen-bond acceptors (Lipinski definition) is 3. The lowest BCUT2D eigenvalue weighted by Crippen LogP contribution is -2.05. The molecule has 0 bridgehead atoms. The van der Waals surface area contributed by atoms with Gasteiger partial charge in [-0.05, 0) is 19.1 Å². The third-order valence-electron chi connectivity index (χ3n) is 3.85. The summed E-state index contributed by atoms with van der Waals surface area (Å²) in [6, 6.07) is 18.5. The molecule has 0 radical (unpaired) electrons. The minimum atomic E-state index is 0.245. The maximum absolute atomic E-state index is 5.96. The zero-order chi connectivity index (χ0) is 14.9. The quantitative estimate of drug-likeness (QED) is 0.682. The number of fused-ring (bicyclic) bond motifs is 1. The highest BCUT2D eigenvalue weighted by Gasteiger charge is 2.23. The van der Waals surface area contributed by atoms with Gasteiger partial charge in [-0.2, -0.15) is 0 Å². The van der Waals surface area contributed by atoms with Crippen LogP contribution in [0.2, 0.25) is 0 Å². The molecule has 1 aliphatic rings. The molecule has 2 heterocycles. The average Bonchev–Trinajstić information content (AvgIpc) is 3.37. The average molecular weight is 291 g/mol. The van der Waals surface area contributed by atoms with Crippen molar-refractivity contribution in [1.29, 1.82) is 0 Å².